The van der Waals surface area contributed by atoms with E-state index in [-0.39, 0.29) is 21.7 Å². The molecule has 2 heterocycles. The minimum Gasteiger partial charge on any atom is -0.454 e. The topological polar surface area (TPSA) is 83.0 Å². The number of hydrogen-bond acceptors (Lipinski definition) is 4. The average molecular weight is 417 g/mol. The highest BCUT2D eigenvalue weighted by molar-refractivity contribution is 6.37. The number of benzene rings is 2. The van der Waals surface area contributed by atoms with Crippen molar-refractivity contribution in [1.29, 1.82) is 0 Å². The van der Waals surface area contributed by atoms with Crippen molar-refractivity contribution in [2.45, 2.75) is 6.42 Å². The molecule has 2 aliphatic rings. The SMILES string of the molecule is C=C1C=NN(c2cc(Cl)c(Oc3ccc4c(c3)CCNC4=O)c(Cl)c2)C(=O)N1. The third-order valence-electron chi connectivity index (χ3n) is 4.24. The van der Waals surface area contributed by atoms with Crippen LogP contribution in [0.15, 0.2) is 47.7 Å². The molecular formula is C19H14Cl2N4O3. The zero-order valence-electron chi connectivity index (χ0n) is 14.5. The van der Waals surface area contributed by atoms with Crippen LogP contribution < -0.4 is 20.4 Å². The third kappa shape index (κ3) is 3.42. The van der Waals surface area contributed by atoms with E-state index in [0.29, 0.717) is 35.7 Å². The van der Waals surface area contributed by atoms with E-state index in [4.69, 9.17) is 27.9 Å². The summed E-state index contributed by atoms with van der Waals surface area (Å²) in [6, 6.07) is 7.76. The zero-order valence-corrected chi connectivity index (χ0v) is 16.0. The number of hydrazone groups is 1. The Balaban J connectivity index is 1.63. The van der Waals surface area contributed by atoms with Crippen molar-refractivity contribution in [3.8, 4) is 11.5 Å². The van der Waals surface area contributed by atoms with E-state index < -0.39 is 6.03 Å². The number of rotatable bonds is 3. The van der Waals surface area contributed by atoms with Crippen LogP contribution in [0.2, 0.25) is 10.0 Å². The Labute approximate surface area is 170 Å². The number of carbonyl (C=O) groups is 2. The number of fused-ring (bicyclic) bond motifs is 1. The van der Waals surface area contributed by atoms with Gasteiger partial charge >= 0.3 is 6.03 Å². The number of ether oxygens (including phenoxy) is 1. The minimum atomic E-state index is -0.471. The lowest BCUT2D eigenvalue weighted by Crippen LogP contribution is -2.40. The van der Waals surface area contributed by atoms with Crippen LogP contribution in [0.1, 0.15) is 15.9 Å². The predicted octanol–water partition coefficient (Wildman–Crippen LogP) is 4.10. The van der Waals surface area contributed by atoms with Gasteiger partial charge in [-0.25, -0.2) is 4.79 Å². The number of hydrogen-bond donors (Lipinski definition) is 2. The van der Waals surface area contributed by atoms with Crippen molar-refractivity contribution in [3.05, 3.63) is 63.8 Å². The van der Waals surface area contributed by atoms with Gasteiger partial charge in [-0.05, 0) is 42.3 Å². The molecular weight excluding hydrogens is 403 g/mol. The van der Waals surface area contributed by atoms with Gasteiger partial charge in [0.05, 0.1) is 27.6 Å². The van der Waals surface area contributed by atoms with E-state index in [1.54, 1.807) is 18.2 Å². The first-order valence-electron chi connectivity index (χ1n) is 8.34. The Morgan fingerprint density at radius 3 is 2.61 bits per heavy atom. The molecule has 2 N–H and O–H groups in total. The summed E-state index contributed by atoms with van der Waals surface area (Å²) in [5.74, 6) is 0.657. The van der Waals surface area contributed by atoms with Gasteiger partial charge in [0.1, 0.15) is 5.75 Å². The second-order valence-electron chi connectivity index (χ2n) is 6.18. The van der Waals surface area contributed by atoms with Gasteiger partial charge in [0.15, 0.2) is 5.75 Å². The molecule has 0 spiro atoms. The number of amides is 3. The fourth-order valence-electron chi connectivity index (χ4n) is 2.94. The molecule has 0 unspecified atom stereocenters. The Kier molecular flexibility index (Phi) is 4.70. The largest absolute Gasteiger partial charge is 0.454 e. The van der Waals surface area contributed by atoms with E-state index in [1.807, 2.05) is 0 Å². The summed E-state index contributed by atoms with van der Waals surface area (Å²) in [6.07, 6.45) is 2.13. The highest BCUT2D eigenvalue weighted by atomic mass is 35.5. The van der Waals surface area contributed by atoms with E-state index in [2.05, 4.69) is 22.3 Å². The maximum absolute atomic E-state index is 12.1. The van der Waals surface area contributed by atoms with E-state index in [1.165, 1.54) is 18.3 Å². The second kappa shape index (κ2) is 7.18. The first kappa shape index (κ1) is 18.3. The predicted molar refractivity (Wildman–Crippen MR) is 108 cm³/mol. The Bertz CT molecular complexity index is 1030. The van der Waals surface area contributed by atoms with E-state index in [9.17, 15) is 9.59 Å². The molecule has 0 aliphatic carbocycles. The lowest BCUT2D eigenvalue weighted by molar-refractivity contribution is 0.0946. The van der Waals surface area contributed by atoms with Gasteiger partial charge in [-0.2, -0.15) is 10.1 Å². The summed E-state index contributed by atoms with van der Waals surface area (Å²) in [4.78, 5) is 23.9. The lowest BCUT2D eigenvalue weighted by atomic mass is 10.0. The molecule has 2 aromatic rings. The normalized spacial score (nSPS) is 15.8. The summed E-state index contributed by atoms with van der Waals surface area (Å²) < 4.78 is 5.86. The standard InChI is InChI=1S/C19H14Cl2N4O3/c1-10-9-23-25(19(27)24-10)12-7-15(20)17(16(21)8-12)28-13-2-3-14-11(6-13)4-5-22-18(14)26/h2-3,6-9H,1,4-5H2,(H,22,26)(H,24,27). The number of nitrogens with one attached hydrogen (secondary N) is 2. The van der Waals surface area contributed by atoms with Crippen LogP contribution in [0, 0.1) is 0 Å². The number of allylic oxidation sites excluding steroid dienone is 1. The van der Waals surface area contributed by atoms with Crippen LogP contribution in [0.25, 0.3) is 0 Å². The molecule has 0 aromatic heterocycles. The molecule has 142 valence electrons. The minimum absolute atomic E-state index is 0.101. The quantitative estimate of drug-likeness (QED) is 0.789. The molecule has 0 radical (unpaired) electrons. The summed E-state index contributed by atoms with van der Waals surface area (Å²) >= 11 is 12.7. The molecule has 0 fully saturated rings. The Hall–Kier alpha value is -3.03. The van der Waals surface area contributed by atoms with Crippen LogP contribution in [0.4, 0.5) is 10.5 Å². The molecule has 9 heteroatoms. The van der Waals surface area contributed by atoms with Gasteiger partial charge in [0.25, 0.3) is 5.91 Å². The average Bonchev–Trinajstić information content (AvgIpc) is 2.64. The summed E-state index contributed by atoms with van der Waals surface area (Å²) in [7, 11) is 0. The van der Waals surface area contributed by atoms with Crippen molar-refractivity contribution in [2.24, 2.45) is 5.10 Å². The number of halogens is 2. The molecule has 7 nitrogen and oxygen atoms in total. The van der Waals surface area contributed by atoms with Crippen molar-refractivity contribution < 1.29 is 14.3 Å². The van der Waals surface area contributed by atoms with Crippen LogP contribution in [-0.4, -0.2) is 24.7 Å². The molecule has 4 rings (SSSR count). The van der Waals surface area contributed by atoms with Crippen LogP contribution >= 0.6 is 23.2 Å². The summed E-state index contributed by atoms with van der Waals surface area (Å²) in [6.45, 7) is 4.20. The number of nitrogens with zero attached hydrogens (tertiary/aromatic N) is 2. The lowest BCUT2D eigenvalue weighted by Gasteiger charge is -2.23. The van der Waals surface area contributed by atoms with Gasteiger partial charge in [-0.3, -0.25) is 4.79 Å². The third-order valence-corrected chi connectivity index (χ3v) is 4.80. The van der Waals surface area contributed by atoms with E-state index in [0.717, 1.165) is 10.6 Å². The van der Waals surface area contributed by atoms with Crippen LogP contribution in [-0.2, 0) is 6.42 Å². The molecule has 0 saturated heterocycles. The highest BCUT2D eigenvalue weighted by Gasteiger charge is 2.22. The molecule has 0 saturated carbocycles. The molecule has 0 atom stereocenters. The fourth-order valence-corrected chi connectivity index (χ4v) is 3.49. The molecule has 0 bridgehead atoms. The highest BCUT2D eigenvalue weighted by Crippen LogP contribution is 2.40. The van der Waals surface area contributed by atoms with Crippen molar-refractivity contribution in [1.82, 2.24) is 10.6 Å². The first-order valence-corrected chi connectivity index (χ1v) is 9.10. The molecule has 2 aromatic carbocycles. The van der Waals surface area contributed by atoms with Gasteiger partial charge in [0.2, 0.25) is 0 Å². The fraction of sp³-hybridized carbons (Fsp3) is 0.105. The van der Waals surface area contributed by atoms with Gasteiger partial charge in [-0.15, -0.1) is 0 Å². The Morgan fingerprint density at radius 1 is 1.14 bits per heavy atom. The monoisotopic (exact) mass is 416 g/mol. The first-order chi connectivity index (χ1) is 13.4. The van der Waals surface area contributed by atoms with Gasteiger partial charge in [-0.1, -0.05) is 29.8 Å². The maximum Gasteiger partial charge on any atom is 0.347 e. The van der Waals surface area contributed by atoms with Crippen molar-refractivity contribution in [3.63, 3.8) is 0 Å². The van der Waals surface area contributed by atoms with Crippen LogP contribution in [0.5, 0.6) is 11.5 Å². The van der Waals surface area contributed by atoms with Gasteiger partial charge in [0, 0.05) is 12.1 Å². The molecule has 3 amide bonds. The number of urea groups is 1. The van der Waals surface area contributed by atoms with Gasteiger partial charge < -0.3 is 15.4 Å². The summed E-state index contributed by atoms with van der Waals surface area (Å²) in [5, 5.41) is 10.9. The van der Waals surface area contributed by atoms with Crippen LogP contribution in [0.3, 0.4) is 0 Å². The van der Waals surface area contributed by atoms with Crippen molar-refractivity contribution in [2.75, 3.05) is 11.6 Å². The molecule has 2 aliphatic heterocycles. The maximum atomic E-state index is 12.1. The zero-order chi connectivity index (χ0) is 19.8. The molecule has 28 heavy (non-hydrogen) atoms. The second-order valence-corrected chi connectivity index (χ2v) is 6.99. The number of carbonyl (C=O) groups excluding carboxylic acids is 2. The van der Waals surface area contributed by atoms with E-state index >= 15 is 0 Å². The Morgan fingerprint density at radius 2 is 1.89 bits per heavy atom. The van der Waals surface area contributed by atoms with Crippen molar-refractivity contribution >= 4 is 47.0 Å². The smallest absolute Gasteiger partial charge is 0.347 e. The number of anilines is 1. The summed E-state index contributed by atoms with van der Waals surface area (Å²) in [5.41, 5.74) is 2.29.